The van der Waals surface area contributed by atoms with Gasteiger partial charge in [-0.1, -0.05) is 6.07 Å². The van der Waals surface area contributed by atoms with Gasteiger partial charge in [-0.15, -0.1) is 0 Å². The zero-order valence-electron chi connectivity index (χ0n) is 18.8. The molecule has 4 aliphatic carbocycles. The Hall–Kier alpha value is -3.28. The monoisotopic (exact) mass is 462 g/mol. The van der Waals surface area contributed by atoms with Crippen LogP contribution >= 0.6 is 0 Å². The van der Waals surface area contributed by atoms with Gasteiger partial charge in [0.25, 0.3) is 0 Å². The highest BCUT2D eigenvalue weighted by Crippen LogP contribution is 2.61. The number of anilines is 2. The van der Waals surface area contributed by atoms with E-state index < -0.39 is 11.6 Å². The Morgan fingerprint density at radius 1 is 0.618 bits per heavy atom. The summed E-state index contributed by atoms with van der Waals surface area (Å²) in [6.07, 6.45) is 6.54. The molecule has 176 valence electrons. The lowest BCUT2D eigenvalue weighted by atomic mass is 9.50. The van der Waals surface area contributed by atoms with Crippen molar-refractivity contribution in [3.8, 4) is 23.0 Å². The summed E-state index contributed by atoms with van der Waals surface area (Å²) in [7, 11) is 0. The molecule has 0 unspecified atom stereocenters. The molecule has 0 spiro atoms. The number of nitrogens with two attached hydrogens (primary N) is 2. The van der Waals surface area contributed by atoms with Crippen LogP contribution in [0.1, 0.15) is 43.6 Å². The van der Waals surface area contributed by atoms with Crippen LogP contribution in [0.2, 0.25) is 0 Å². The predicted molar refractivity (Wildman–Crippen MR) is 128 cm³/mol. The van der Waals surface area contributed by atoms with Crippen LogP contribution in [0.3, 0.4) is 0 Å². The zero-order valence-corrected chi connectivity index (χ0v) is 18.8. The molecule has 4 aliphatic rings. The normalized spacial score (nSPS) is 27.1. The van der Waals surface area contributed by atoms with Gasteiger partial charge in [0.05, 0.1) is 11.4 Å². The molecule has 0 aromatic heterocycles. The summed E-state index contributed by atoms with van der Waals surface area (Å²) in [5, 5.41) is 0. The molecule has 4 fully saturated rings. The molecule has 0 amide bonds. The van der Waals surface area contributed by atoms with Gasteiger partial charge in [-0.3, -0.25) is 0 Å². The van der Waals surface area contributed by atoms with Crippen molar-refractivity contribution in [2.45, 2.75) is 38.0 Å². The Bertz CT molecular complexity index is 1220. The third-order valence-electron chi connectivity index (χ3n) is 7.97. The van der Waals surface area contributed by atoms with Gasteiger partial charge in [-0.2, -0.15) is 0 Å². The molecule has 0 aliphatic heterocycles. The fourth-order valence-electron chi connectivity index (χ4n) is 6.81. The summed E-state index contributed by atoms with van der Waals surface area (Å²) in [5.74, 6) is 4.72. The molecule has 4 saturated carbocycles. The van der Waals surface area contributed by atoms with Gasteiger partial charge in [0.2, 0.25) is 0 Å². The first-order valence-corrected chi connectivity index (χ1v) is 12.0. The maximum absolute atomic E-state index is 13.7. The third kappa shape index (κ3) is 3.85. The van der Waals surface area contributed by atoms with Crippen LogP contribution in [0.5, 0.6) is 23.0 Å². The lowest BCUT2D eigenvalue weighted by molar-refractivity contribution is -0.00337. The Morgan fingerprint density at radius 3 is 1.68 bits per heavy atom. The van der Waals surface area contributed by atoms with Gasteiger partial charge in [0.1, 0.15) is 34.6 Å². The van der Waals surface area contributed by atoms with Crippen molar-refractivity contribution in [3.63, 3.8) is 0 Å². The number of rotatable bonds is 5. The smallest absolute Gasteiger partial charge is 0.146 e. The fourth-order valence-corrected chi connectivity index (χ4v) is 6.81. The number of nitrogen functional groups attached to an aromatic ring is 2. The maximum Gasteiger partial charge on any atom is 0.146 e. The number of halogens is 2. The first-order valence-electron chi connectivity index (χ1n) is 12.0. The average Bonchev–Trinajstić information content (AvgIpc) is 2.79. The van der Waals surface area contributed by atoms with Crippen LogP contribution in [0.4, 0.5) is 20.2 Å². The number of hydrogen-bond donors (Lipinski definition) is 2. The van der Waals surface area contributed by atoms with Crippen molar-refractivity contribution >= 4 is 11.4 Å². The van der Waals surface area contributed by atoms with E-state index in [4.69, 9.17) is 20.9 Å². The van der Waals surface area contributed by atoms with Gasteiger partial charge in [0.15, 0.2) is 0 Å². The average molecular weight is 463 g/mol. The van der Waals surface area contributed by atoms with Crippen molar-refractivity contribution in [3.05, 3.63) is 71.8 Å². The second-order valence-electron chi connectivity index (χ2n) is 10.2. The van der Waals surface area contributed by atoms with E-state index in [9.17, 15) is 8.78 Å². The highest BCUT2D eigenvalue weighted by molar-refractivity contribution is 5.51. The molecule has 0 saturated heterocycles. The number of ether oxygens (including phenoxy) is 2. The molecule has 7 rings (SSSR count). The van der Waals surface area contributed by atoms with E-state index >= 15 is 0 Å². The largest absolute Gasteiger partial charge is 0.457 e. The van der Waals surface area contributed by atoms with Crippen LogP contribution in [-0.4, -0.2) is 0 Å². The van der Waals surface area contributed by atoms with E-state index in [1.807, 2.05) is 12.1 Å². The summed E-state index contributed by atoms with van der Waals surface area (Å²) >= 11 is 0. The van der Waals surface area contributed by atoms with Crippen molar-refractivity contribution in [2.24, 2.45) is 23.7 Å². The van der Waals surface area contributed by atoms with Crippen molar-refractivity contribution in [1.82, 2.24) is 0 Å². The summed E-state index contributed by atoms with van der Waals surface area (Å²) in [6, 6.07) is 14.6. The fraction of sp³-hybridized carbons (Fsp3) is 0.357. The minimum atomic E-state index is -0.484. The molecule has 4 bridgehead atoms. The second-order valence-corrected chi connectivity index (χ2v) is 10.2. The van der Waals surface area contributed by atoms with Gasteiger partial charge < -0.3 is 20.9 Å². The van der Waals surface area contributed by atoms with Gasteiger partial charge >= 0.3 is 0 Å². The van der Waals surface area contributed by atoms with Crippen LogP contribution < -0.4 is 20.9 Å². The Kier molecular flexibility index (Phi) is 5.12. The summed E-state index contributed by atoms with van der Waals surface area (Å²) in [6.45, 7) is 0. The highest BCUT2D eigenvalue weighted by atomic mass is 19.1. The molecule has 34 heavy (non-hydrogen) atoms. The van der Waals surface area contributed by atoms with E-state index in [1.54, 1.807) is 12.1 Å². The molecule has 0 heterocycles. The summed E-state index contributed by atoms with van der Waals surface area (Å²) in [5.41, 5.74) is 12.7. The summed E-state index contributed by atoms with van der Waals surface area (Å²) in [4.78, 5) is 0. The van der Waals surface area contributed by atoms with Gasteiger partial charge in [-0.25, -0.2) is 8.78 Å². The minimum absolute atomic E-state index is 0.0287. The standard InChI is InChI=1S/C28H28F2N2O2/c29-23-5-2-19(12-25(23)31)33-21-1-4-22(27(14-21)34-20-3-6-24(30)26(32)13-20)28-17-8-15-7-16(10-17)11-18(28)9-15/h1-6,12-18,28H,7-11,31-32H2. The Morgan fingerprint density at radius 2 is 1.12 bits per heavy atom. The number of benzene rings is 3. The van der Waals surface area contributed by atoms with Crippen LogP contribution in [-0.2, 0) is 0 Å². The molecular formula is C28H28F2N2O2. The first-order chi connectivity index (χ1) is 16.4. The zero-order chi connectivity index (χ0) is 23.4. The minimum Gasteiger partial charge on any atom is -0.457 e. The maximum atomic E-state index is 13.7. The highest BCUT2D eigenvalue weighted by Gasteiger charge is 2.49. The quantitative estimate of drug-likeness (QED) is 0.392. The van der Waals surface area contributed by atoms with Crippen LogP contribution in [0.15, 0.2) is 54.6 Å². The lowest BCUT2D eigenvalue weighted by Crippen LogP contribution is -2.43. The topological polar surface area (TPSA) is 70.5 Å². The molecule has 3 aromatic rings. The Labute approximate surface area is 197 Å². The second kappa shape index (κ2) is 8.19. The van der Waals surface area contributed by atoms with Crippen molar-refractivity contribution < 1.29 is 18.3 Å². The SMILES string of the molecule is Nc1cc(Oc2ccc(C3C4CC5CC(C4)CC3C5)c(Oc3ccc(F)c(N)c3)c2)ccc1F. The molecule has 3 aromatic carbocycles. The predicted octanol–water partition coefficient (Wildman–Crippen LogP) is 7.25. The van der Waals surface area contributed by atoms with Crippen LogP contribution in [0.25, 0.3) is 0 Å². The summed E-state index contributed by atoms with van der Waals surface area (Å²) < 4.78 is 39.6. The van der Waals surface area contributed by atoms with Crippen LogP contribution in [0, 0.1) is 35.3 Å². The van der Waals surface area contributed by atoms with E-state index in [2.05, 4.69) is 6.07 Å². The van der Waals surface area contributed by atoms with Crippen molar-refractivity contribution in [1.29, 1.82) is 0 Å². The van der Waals surface area contributed by atoms with Gasteiger partial charge in [0, 0.05) is 18.2 Å². The molecule has 4 N–H and O–H groups in total. The third-order valence-corrected chi connectivity index (χ3v) is 7.97. The molecule has 6 heteroatoms. The Balaban J connectivity index is 1.36. The van der Waals surface area contributed by atoms with Gasteiger partial charge in [-0.05, 0) is 97.6 Å². The number of hydrogen-bond acceptors (Lipinski definition) is 4. The molecule has 0 radical (unpaired) electrons. The lowest BCUT2D eigenvalue weighted by Gasteiger charge is -2.54. The molecule has 0 atom stereocenters. The van der Waals surface area contributed by atoms with E-state index in [-0.39, 0.29) is 11.4 Å². The first kappa shape index (κ1) is 21.3. The van der Waals surface area contributed by atoms with E-state index in [0.717, 1.165) is 11.8 Å². The van der Waals surface area contributed by atoms with E-state index in [0.29, 0.717) is 40.8 Å². The van der Waals surface area contributed by atoms with E-state index in [1.165, 1.54) is 61.9 Å². The van der Waals surface area contributed by atoms with Crippen molar-refractivity contribution in [2.75, 3.05) is 11.5 Å². The molecule has 4 nitrogen and oxygen atoms in total. The molecular weight excluding hydrogens is 434 g/mol.